The van der Waals surface area contributed by atoms with Crippen LogP contribution in [0.1, 0.15) is 16.8 Å². The van der Waals surface area contributed by atoms with Gasteiger partial charge in [0.25, 0.3) is 11.8 Å². The molecule has 2 N–H and O–H groups in total. The van der Waals surface area contributed by atoms with E-state index in [1.54, 1.807) is 30.3 Å². The predicted octanol–water partition coefficient (Wildman–Crippen LogP) is 3.17. The molecule has 3 aromatic rings. The molecule has 11 nitrogen and oxygen atoms in total. The number of esters is 1. The Morgan fingerprint density at radius 3 is 2.28 bits per heavy atom. The van der Waals surface area contributed by atoms with Gasteiger partial charge in [-0.2, -0.15) is 0 Å². The van der Waals surface area contributed by atoms with Crippen LogP contribution in [-0.4, -0.2) is 56.1 Å². The topological polar surface area (TPSA) is 132 Å². The van der Waals surface area contributed by atoms with Gasteiger partial charge in [0.05, 0.1) is 26.7 Å². The Balaban J connectivity index is 1.23. The lowest BCUT2D eigenvalue weighted by molar-refractivity contribution is -0.151. The molecule has 11 heteroatoms. The van der Waals surface area contributed by atoms with E-state index >= 15 is 0 Å². The van der Waals surface area contributed by atoms with Crippen LogP contribution in [-0.2, 0) is 19.1 Å². The second kappa shape index (κ2) is 12.5. The van der Waals surface area contributed by atoms with E-state index in [0.717, 1.165) is 5.01 Å². The first-order valence-corrected chi connectivity index (χ1v) is 12.0. The fourth-order valence-corrected chi connectivity index (χ4v) is 3.82. The van der Waals surface area contributed by atoms with Crippen LogP contribution in [0.25, 0.3) is 0 Å². The molecule has 0 bridgehead atoms. The molecule has 4 rings (SSSR count). The van der Waals surface area contributed by atoms with Crippen LogP contribution in [0.3, 0.4) is 0 Å². The van der Waals surface area contributed by atoms with Crippen LogP contribution in [0.5, 0.6) is 23.0 Å². The first-order valence-electron chi connectivity index (χ1n) is 12.0. The summed E-state index contributed by atoms with van der Waals surface area (Å²) in [7, 11) is 2.92. The Bertz CT molecular complexity index is 1340. The van der Waals surface area contributed by atoms with Gasteiger partial charge in [0.1, 0.15) is 11.5 Å². The van der Waals surface area contributed by atoms with Crippen molar-refractivity contribution in [1.29, 1.82) is 0 Å². The Labute approximate surface area is 224 Å². The largest absolute Gasteiger partial charge is 0.493 e. The summed E-state index contributed by atoms with van der Waals surface area (Å²) in [4.78, 5) is 49.7. The summed E-state index contributed by atoms with van der Waals surface area (Å²) in [6, 6.07) is 20.5. The van der Waals surface area contributed by atoms with Gasteiger partial charge in [0.15, 0.2) is 18.1 Å². The van der Waals surface area contributed by atoms with Gasteiger partial charge in [-0.3, -0.25) is 29.6 Å². The van der Waals surface area contributed by atoms with Crippen molar-refractivity contribution >= 4 is 29.4 Å². The molecule has 1 heterocycles. The lowest BCUT2D eigenvalue weighted by Gasteiger charge is -2.18. The summed E-state index contributed by atoms with van der Waals surface area (Å²) < 4.78 is 21.2. The quantitative estimate of drug-likeness (QED) is 0.380. The zero-order valence-electron chi connectivity index (χ0n) is 21.3. The second-order valence-electron chi connectivity index (χ2n) is 8.51. The van der Waals surface area contributed by atoms with Crippen LogP contribution in [0, 0.1) is 5.92 Å². The van der Waals surface area contributed by atoms with Crippen molar-refractivity contribution in [3.05, 3.63) is 78.4 Å². The lowest BCUT2D eigenvalue weighted by atomic mass is 10.1. The number of nitrogens with zero attached hydrogens (tertiary/aromatic N) is 1. The number of carbonyl (C=O) groups excluding carboxylic acids is 4. The van der Waals surface area contributed by atoms with Crippen LogP contribution in [0.4, 0.5) is 5.69 Å². The third kappa shape index (κ3) is 7.04. The molecule has 1 aliphatic rings. The number of ether oxygens (including phenoxy) is 4. The normalized spacial score (nSPS) is 14.4. The van der Waals surface area contributed by atoms with Gasteiger partial charge in [0.2, 0.25) is 5.91 Å². The van der Waals surface area contributed by atoms with E-state index < -0.39 is 36.2 Å². The zero-order valence-corrected chi connectivity index (χ0v) is 21.3. The Kier molecular flexibility index (Phi) is 8.62. The number of hydrogen-bond acceptors (Lipinski definition) is 8. The molecule has 0 radical (unpaired) electrons. The number of anilines is 1. The number of nitrogens with one attached hydrogen (secondary N) is 2. The third-order valence-electron chi connectivity index (χ3n) is 5.80. The molecule has 3 aromatic carbocycles. The molecule has 39 heavy (non-hydrogen) atoms. The van der Waals surface area contributed by atoms with Gasteiger partial charge in [-0.05, 0) is 54.6 Å². The SMILES string of the molecule is COc1ccc(C(=O)NN2C[C@H](C(=O)OCC(=O)Nc3ccc(Oc4ccccc4)cc3)CC2=O)cc1OC. The molecule has 1 fully saturated rings. The van der Waals surface area contributed by atoms with Crippen molar-refractivity contribution in [2.75, 3.05) is 32.7 Å². The van der Waals surface area contributed by atoms with Crippen molar-refractivity contribution in [3.63, 3.8) is 0 Å². The monoisotopic (exact) mass is 533 g/mol. The first-order chi connectivity index (χ1) is 18.9. The maximum Gasteiger partial charge on any atom is 0.311 e. The highest BCUT2D eigenvalue weighted by Crippen LogP contribution is 2.28. The minimum atomic E-state index is -0.828. The summed E-state index contributed by atoms with van der Waals surface area (Å²) in [5.41, 5.74) is 3.22. The van der Waals surface area contributed by atoms with Crippen LogP contribution >= 0.6 is 0 Å². The Hall–Kier alpha value is -5.06. The molecule has 0 spiro atoms. The molecule has 3 amide bonds. The fraction of sp³-hybridized carbons (Fsp3) is 0.214. The number of benzene rings is 3. The molecule has 1 aliphatic heterocycles. The van der Waals surface area contributed by atoms with Crippen molar-refractivity contribution < 1.29 is 38.1 Å². The van der Waals surface area contributed by atoms with Crippen LogP contribution in [0.2, 0.25) is 0 Å². The van der Waals surface area contributed by atoms with Gasteiger partial charge in [-0.25, -0.2) is 0 Å². The van der Waals surface area contributed by atoms with Gasteiger partial charge < -0.3 is 24.3 Å². The maximum absolute atomic E-state index is 12.6. The molecule has 1 saturated heterocycles. The molecule has 0 aromatic heterocycles. The second-order valence-corrected chi connectivity index (χ2v) is 8.51. The number of para-hydroxylation sites is 1. The first kappa shape index (κ1) is 27.0. The number of hydrogen-bond donors (Lipinski definition) is 2. The summed E-state index contributed by atoms with van der Waals surface area (Å²) >= 11 is 0. The minimum absolute atomic E-state index is 0.0822. The number of rotatable bonds is 10. The van der Waals surface area contributed by atoms with E-state index in [-0.39, 0.29) is 18.5 Å². The van der Waals surface area contributed by atoms with Gasteiger partial charge in [-0.1, -0.05) is 18.2 Å². The van der Waals surface area contributed by atoms with E-state index in [1.165, 1.54) is 26.4 Å². The van der Waals surface area contributed by atoms with Gasteiger partial charge >= 0.3 is 5.97 Å². The van der Waals surface area contributed by atoms with E-state index in [0.29, 0.717) is 28.7 Å². The fourth-order valence-electron chi connectivity index (χ4n) is 3.82. The van der Waals surface area contributed by atoms with Crippen molar-refractivity contribution in [2.24, 2.45) is 5.92 Å². The van der Waals surface area contributed by atoms with Crippen molar-refractivity contribution in [3.8, 4) is 23.0 Å². The van der Waals surface area contributed by atoms with Gasteiger partial charge in [0, 0.05) is 17.7 Å². The van der Waals surface area contributed by atoms with Crippen LogP contribution in [0.15, 0.2) is 72.8 Å². The molecular formula is C28H27N3O8. The Morgan fingerprint density at radius 1 is 0.897 bits per heavy atom. The van der Waals surface area contributed by atoms with Crippen molar-refractivity contribution in [1.82, 2.24) is 10.4 Å². The third-order valence-corrected chi connectivity index (χ3v) is 5.80. The summed E-state index contributed by atoms with van der Waals surface area (Å²) in [5.74, 6) is -1.00. The van der Waals surface area contributed by atoms with E-state index in [2.05, 4.69) is 10.7 Å². The Morgan fingerprint density at radius 2 is 1.59 bits per heavy atom. The summed E-state index contributed by atoms with van der Waals surface area (Å²) in [6.45, 7) is -0.606. The molecule has 0 saturated carbocycles. The van der Waals surface area contributed by atoms with Gasteiger partial charge in [-0.15, -0.1) is 0 Å². The molecule has 0 aliphatic carbocycles. The lowest BCUT2D eigenvalue weighted by Crippen LogP contribution is -2.43. The number of hydrazine groups is 1. The van der Waals surface area contributed by atoms with E-state index in [4.69, 9.17) is 18.9 Å². The van der Waals surface area contributed by atoms with E-state index in [1.807, 2.05) is 30.3 Å². The molecular weight excluding hydrogens is 506 g/mol. The predicted molar refractivity (Wildman–Crippen MR) is 139 cm³/mol. The highest BCUT2D eigenvalue weighted by molar-refractivity contribution is 5.97. The molecule has 202 valence electrons. The molecule has 1 atom stereocenters. The summed E-state index contributed by atoms with van der Waals surface area (Å²) in [5, 5.41) is 3.69. The maximum atomic E-state index is 12.6. The van der Waals surface area contributed by atoms with Crippen LogP contribution < -0.4 is 25.0 Å². The number of amides is 3. The van der Waals surface area contributed by atoms with E-state index in [9.17, 15) is 19.2 Å². The highest BCUT2D eigenvalue weighted by Gasteiger charge is 2.36. The average molecular weight is 534 g/mol. The summed E-state index contributed by atoms with van der Waals surface area (Å²) in [6.07, 6.45) is -0.157. The van der Waals surface area contributed by atoms with Crippen molar-refractivity contribution in [2.45, 2.75) is 6.42 Å². The average Bonchev–Trinajstić information content (AvgIpc) is 3.32. The number of carbonyl (C=O) groups is 4. The smallest absolute Gasteiger partial charge is 0.311 e. The number of methoxy groups -OCH3 is 2. The minimum Gasteiger partial charge on any atom is -0.493 e. The standard InChI is InChI=1S/C28H27N3O8/c1-36-23-13-8-18(14-24(23)37-2)27(34)30-31-16-19(15-26(31)33)28(35)38-17-25(32)29-20-9-11-22(12-10-20)39-21-6-4-3-5-7-21/h3-14,19H,15-17H2,1-2H3,(H,29,32)(H,30,34)/t19-/m1/s1. The zero-order chi connectivity index (χ0) is 27.8. The highest BCUT2D eigenvalue weighted by atomic mass is 16.5. The molecule has 0 unspecified atom stereocenters.